The van der Waals surface area contributed by atoms with Crippen LogP contribution in [0.5, 0.6) is 5.75 Å². The van der Waals surface area contributed by atoms with Gasteiger partial charge in [0.2, 0.25) is 0 Å². The van der Waals surface area contributed by atoms with E-state index in [1.54, 1.807) is 6.07 Å². The number of para-hydroxylation sites is 1. The van der Waals surface area contributed by atoms with Gasteiger partial charge in [-0.15, -0.1) is 0 Å². The fraction of sp³-hybridized carbons (Fsp3) is 0.667. The summed E-state index contributed by atoms with van der Waals surface area (Å²) in [7, 11) is 0. The van der Waals surface area contributed by atoms with E-state index in [-0.39, 0.29) is 0 Å². The maximum Gasteiger partial charge on any atom is 0.120 e. The van der Waals surface area contributed by atoms with Gasteiger partial charge in [0.1, 0.15) is 5.75 Å². The van der Waals surface area contributed by atoms with Crippen molar-refractivity contribution in [2.75, 3.05) is 6.54 Å². The van der Waals surface area contributed by atoms with Gasteiger partial charge in [0, 0.05) is 17.6 Å². The Bertz CT molecular complexity index is 410. The van der Waals surface area contributed by atoms with E-state index < -0.39 is 0 Å². The van der Waals surface area contributed by atoms with Gasteiger partial charge < -0.3 is 5.11 Å². The average Bonchev–Trinajstić information content (AvgIpc) is 2.93. The predicted octanol–water partition coefficient (Wildman–Crippen LogP) is 4.74. The SMILES string of the molecule is CC(C)CCN(C1CCCC1)C(C)c1ccccc1O. The van der Waals surface area contributed by atoms with Crippen LogP contribution in [-0.2, 0) is 0 Å². The molecule has 0 bridgehead atoms. The van der Waals surface area contributed by atoms with Gasteiger partial charge >= 0.3 is 0 Å². The molecular formula is C18H29NO. The van der Waals surface area contributed by atoms with Gasteiger partial charge in [0.15, 0.2) is 0 Å². The molecule has 1 aromatic carbocycles. The molecule has 1 unspecified atom stereocenters. The Morgan fingerprint density at radius 3 is 2.40 bits per heavy atom. The lowest BCUT2D eigenvalue weighted by Crippen LogP contribution is -2.37. The van der Waals surface area contributed by atoms with Crippen molar-refractivity contribution in [1.29, 1.82) is 0 Å². The molecular weight excluding hydrogens is 246 g/mol. The summed E-state index contributed by atoms with van der Waals surface area (Å²) in [5.41, 5.74) is 1.07. The lowest BCUT2D eigenvalue weighted by molar-refractivity contribution is 0.135. The monoisotopic (exact) mass is 275 g/mol. The Balaban J connectivity index is 2.14. The molecule has 1 atom stereocenters. The van der Waals surface area contributed by atoms with Gasteiger partial charge in [-0.25, -0.2) is 0 Å². The van der Waals surface area contributed by atoms with Crippen LogP contribution in [0.3, 0.4) is 0 Å². The summed E-state index contributed by atoms with van der Waals surface area (Å²) in [6.07, 6.45) is 6.58. The highest BCUT2D eigenvalue weighted by molar-refractivity contribution is 5.34. The molecule has 0 radical (unpaired) electrons. The van der Waals surface area contributed by atoms with Crippen LogP contribution in [0.1, 0.15) is 64.5 Å². The second kappa shape index (κ2) is 7.12. The standard InChI is InChI=1S/C18H29NO/c1-14(2)12-13-19(16-8-4-5-9-16)15(3)17-10-6-7-11-18(17)20/h6-7,10-11,14-16,20H,4-5,8-9,12-13H2,1-3H3. The summed E-state index contributed by atoms with van der Waals surface area (Å²) in [4.78, 5) is 2.63. The van der Waals surface area contributed by atoms with Crippen LogP contribution in [0, 0.1) is 5.92 Å². The number of aromatic hydroxyl groups is 1. The number of nitrogens with zero attached hydrogens (tertiary/aromatic N) is 1. The van der Waals surface area contributed by atoms with Gasteiger partial charge in [-0.05, 0) is 44.7 Å². The minimum Gasteiger partial charge on any atom is -0.508 e. The zero-order chi connectivity index (χ0) is 14.5. The van der Waals surface area contributed by atoms with Crippen LogP contribution in [0.25, 0.3) is 0 Å². The zero-order valence-corrected chi connectivity index (χ0v) is 13.2. The molecule has 112 valence electrons. The van der Waals surface area contributed by atoms with Crippen molar-refractivity contribution < 1.29 is 5.11 Å². The van der Waals surface area contributed by atoms with Gasteiger partial charge in [-0.2, -0.15) is 0 Å². The molecule has 0 aromatic heterocycles. The summed E-state index contributed by atoms with van der Waals surface area (Å²) in [5, 5.41) is 10.1. The summed E-state index contributed by atoms with van der Waals surface area (Å²) in [5.74, 6) is 1.17. The lowest BCUT2D eigenvalue weighted by atomic mass is 10.0. The van der Waals surface area contributed by atoms with Crippen molar-refractivity contribution in [3.8, 4) is 5.75 Å². The summed E-state index contributed by atoms with van der Waals surface area (Å²) in [6.45, 7) is 7.96. The Morgan fingerprint density at radius 1 is 1.15 bits per heavy atom. The van der Waals surface area contributed by atoms with E-state index in [9.17, 15) is 5.11 Å². The van der Waals surface area contributed by atoms with Gasteiger partial charge in [0.25, 0.3) is 0 Å². The second-order valence-corrected chi connectivity index (χ2v) is 6.59. The third-order valence-electron chi connectivity index (χ3n) is 4.64. The van der Waals surface area contributed by atoms with Crippen molar-refractivity contribution in [1.82, 2.24) is 4.90 Å². The number of benzene rings is 1. The number of phenolic OH excluding ortho intramolecular Hbond substituents is 1. The minimum absolute atomic E-state index is 0.304. The first-order chi connectivity index (χ1) is 9.59. The normalized spacial score (nSPS) is 18.1. The van der Waals surface area contributed by atoms with E-state index in [1.165, 1.54) is 32.1 Å². The number of rotatable bonds is 6. The van der Waals surface area contributed by atoms with Crippen molar-refractivity contribution in [3.05, 3.63) is 29.8 Å². The molecule has 0 spiro atoms. The van der Waals surface area contributed by atoms with Crippen LogP contribution >= 0.6 is 0 Å². The molecule has 0 heterocycles. The van der Waals surface area contributed by atoms with E-state index in [1.807, 2.05) is 12.1 Å². The highest BCUT2D eigenvalue weighted by atomic mass is 16.3. The van der Waals surface area contributed by atoms with Gasteiger partial charge in [0.05, 0.1) is 0 Å². The Labute approximate surface area is 123 Å². The first-order valence-electron chi connectivity index (χ1n) is 8.13. The Hall–Kier alpha value is -1.02. The van der Waals surface area contributed by atoms with Crippen LogP contribution in [0.4, 0.5) is 0 Å². The molecule has 1 saturated carbocycles. The average molecular weight is 275 g/mol. The Kier molecular flexibility index (Phi) is 5.47. The van der Waals surface area contributed by atoms with Crippen LogP contribution in [0.2, 0.25) is 0 Å². The fourth-order valence-corrected chi connectivity index (χ4v) is 3.36. The molecule has 1 N–H and O–H groups in total. The van der Waals surface area contributed by atoms with Gasteiger partial charge in [-0.3, -0.25) is 4.90 Å². The molecule has 1 aromatic rings. The molecule has 2 nitrogen and oxygen atoms in total. The van der Waals surface area contributed by atoms with Crippen molar-refractivity contribution in [2.45, 2.75) is 65.0 Å². The van der Waals surface area contributed by atoms with E-state index in [2.05, 4.69) is 31.7 Å². The first-order valence-corrected chi connectivity index (χ1v) is 8.13. The number of hydrogen-bond donors (Lipinski definition) is 1. The third kappa shape index (κ3) is 3.76. The molecule has 0 aliphatic heterocycles. The highest BCUT2D eigenvalue weighted by Crippen LogP contribution is 2.34. The summed E-state index contributed by atoms with van der Waals surface area (Å²) >= 11 is 0. The van der Waals surface area contributed by atoms with Gasteiger partial charge in [-0.1, -0.05) is 44.9 Å². The quantitative estimate of drug-likeness (QED) is 0.810. The summed E-state index contributed by atoms with van der Waals surface area (Å²) in [6, 6.07) is 8.81. The Morgan fingerprint density at radius 2 is 1.80 bits per heavy atom. The smallest absolute Gasteiger partial charge is 0.120 e. The summed E-state index contributed by atoms with van der Waals surface area (Å²) < 4.78 is 0. The van der Waals surface area contributed by atoms with E-state index >= 15 is 0 Å². The van der Waals surface area contributed by atoms with E-state index in [0.29, 0.717) is 17.8 Å². The minimum atomic E-state index is 0.304. The fourth-order valence-electron chi connectivity index (χ4n) is 3.36. The largest absolute Gasteiger partial charge is 0.508 e. The molecule has 20 heavy (non-hydrogen) atoms. The number of phenols is 1. The van der Waals surface area contributed by atoms with E-state index in [4.69, 9.17) is 0 Å². The topological polar surface area (TPSA) is 23.5 Å². The van der Waals surface area contributed by atoms with Crippen molar-refractivity contribution >= 4 is 0 Å². The van der Waals surface area contributed by atoms with Crippen LogP contribution in [0.15, 0.2) is 24.3 Å². The molecule has 1 fully saturated rings. The van der Waals surface area contributed by atoms with Crippen LogP contribution < -0.4 is 0 Å². The lowest BCUT2D eigenvalue weighted by Gasteiger charge is -2.35. The maximum absolute atomic E-state index is 10.1. The highest BCUT2D eigenvalue weighted by Gasteiger charge is 2.28. The molecule has 2 rings (SSSR count). The molecule has 1 aliphatic carbocycles. The first kappa shape index (κ1) is 15.4. The second-order valence-electron chi connectivity index (χ2n) is 6.59. The third-order valence-corrected chi connectivity index (χ3v) is 4.64. The number of hydrogen-bond acceptors (Lipinski definition) is 2. The molecule has 2 heteroatoms. The van der Waals surface area contributed by atoms with E-state index in [0.717, 1.165) is 18.0 Å². The maximum atomic E-state index is 10.1. The molecule has 1 aliphatic rings. The van der Waals surface area contributed by atoms with Crippen molar-refractivity contribution in [3.63, 3.8) is 0 Å². The van der Waals surface area contributed by atoms with Crippen LogP contribution in [-0.4, -0.2) is 22.6 Å². The predicted molar refractivity (Wildman–Crippen MR) is 84.9 cm³/mol. The van der Waals surface area contributed by atoms with Crippen molar-refractivity contribution in [2.24, 2.45) is 5.92 Å². The molecule has 0 amide bonds. The molecule has 0 saturated heterocycles. The zero-order valence-electron chi connectivity index (χ0n) is 13.2.